The third-order valence-electron chi connectivity index (χ3n) is 3.77. The molecule has 0 radical (unpaired) electrons. The first-order valence-corrected chi connectivity index (χ1v) is 8.01. The van der Waals surface area contributed by atoms with Crippen molar-refractivity contribution in [3.8, 4) is 0 Å². The number of amides is 2. The number of nitrogens with zero attached hydrogens (tertiary/aromatic N) is 1. The standard InChI is InChI=1S/C18H28N2O2/c1-6-12-20(13-7-2)17(22)18(4,5)16(21)19-15-11-9-8-10-14(15)3/h8-11H,6-7,12-13H2,1-5H3,(H,19,21). The van der Waals surface area contributed by atoms with E-state index in [0.717, 1.165) is 24.1 Å². The Balaban J connectivity index is 2.89. The van der Waals surface area contributed by atoms with E-state index in [-0.39, 0.29) is 11.8 Å². The number of nitrogens with one attached hydrogen (secondary N) is 1. The Morgan fingerprint density at radius 2 is 1.64 bits per heavy atom. The van der Waals surface area contributed by atoms with Crippen molar-refractivity contribution in [1.82, 2.24) is 4.90 Å². The monoisotopic (exact) mass is 304 g/mol. The van der Waals surface area contributed by atoms with Crippen LogP contribution in [0.25, 0.3) is 0 Å². The zero-order chi connectivity index (χ0) is 16.8. The van der Waals surface area contributed by atoms with E-state index >= 15 is 0 Å². The average molecular weight is 304 g/mol. The molecule has 122 valence electrons. The summed E-state index contributed by atoms with van der Waals surface area (Å²) < 4.78 is 0. The molecule has 1 aromatic rings. The molecule has 4 nitrogen and oxygen atoms in total. The normalized spacial score (nSPS) is 11.1. The molecule has 1 aromatic carbocycles. The van der Waals surface area contributed by atoms with Crippen LogP contribution in [0.2, 0.25) is 0 Å². The quantitative estimate of drug-likeness (QED) is 0.782. The van der Waals surface area contributed by atoms with Crippen LogP contribution in [-0.2, 0) is 9.59 Å². The third-order valence-corrected chi connectivity index (χ3v) is 3.77. The Morgan fingerprint density at radius 3 is 2.14 bits per heavy atom. The zero-order valence-electron chi connectivity index (χ0n) is 14.4. The largest absolute Gasteiger partial charge is 0.342 e. The van der Waals surface area contributed by atoms with Gasteiger partial charge in [0.2, 0.25) is 11.8 Å². The number of carbonyl (C=O) groups excluding carboxylic acids is 2. The van der Waals surface area contributed by atoms with Gasteiger partial charge in [-0.1, -0.05) is 32.0 Å². The SMILES string of the molecule is CCCN(CCC)C(=O)C(C)(C)C(=O)Nc1ccccc1C. The van der Waals surface area contributed by atoms with E-state index in [1.807, 2.05) is 45.0 Å². The molecule has 0 aliphatic carbocycles. The van der Waals surface area contributed by atoms with Crippen LogP contribution in [0.5, 0.6) is 0 Å². The Kier molecular flexibility index (Phi) is 6.60. The first-order chi connectivity index (χ1) is 10.3. The molecule has 0 saturated heterocycles. The van der Waals surface area contributed by atoms with Gasteiger partial charge in [0, 0.05) is 18.8 Å². The molecule has 22 heavy (non-hydrogen) atoms. The van der Waals surface area contributed by atoms with Gasteiger partial charge in [0.25, 0.3) is 0 Å². The van der Waals surface area contributed by atoms with Crippen molar-refractivity contribution in [2.45, 2.75) is 47.5 Å². The average Bonchev–Trinajstić information content (AvgIpc) is 2.48. The van der Waals surface area contributed by atoms with Gasteiger partial charge in [-0.2, -0.15) is 0 Å². The molecular weight excluding hydrogens is 276 g/mol. The van der Waals surface area contributed by atoms with Crippen LogP contribution >= 0.6 is 0 Å². The number of anilines is 1. The summed E-state index contributed by atoms with van der Waals surface area (Å²) in [5, 5.41) is 2.88. The molecule has 0 atom stereocenters. The molecule has 0 saturated carbocycles. The van der Waals surface area contributed by atoms with Crippen LogP contribution in [0.4, 0.5) is 5.69 Å². The molecule has 2 amide bonds. The van der Waals surface area contributed by atoms with Crippen molar-refractivity contribution >= 4 is 17.5 Å². The highest BCUT2D eigenvalue weighted by molar-refractivity contribution is 6.10. The summed E-state index contributed by atoms with van der Waals surface area (Å²) in [5.74, 6) is -0.369. The van der Waals surface area contributed by atoms with Gasteiger partial charge in [-0.15, -0.1) is 0 Å². The summed E-state index contributed by atoms with van der Waals surface area (Å²) in [6, 6.07) is 7.58. The minimum atomic E-state index is -1.08. The lowest BCUT2D eigenvalue weighted by atomic mass is 9.89. The van der Waals surface area contributed by atoms with Crippen LogP contribution in [-0.4, -0.2) is 29.8 Å². The molecule has 0 unspecified atom stereocenters. The Labute approximate surface area is 133 Å². The molecule has 0 aliphatic rings. The number of benzene rings is 1. The highest BCUT2D eigenvalue weighted by Crippen LogP contribution is 2.23. The van der Waals surface area contributed by atoms with Gasteiger partial charge in [-0.25, -0.2) is 0 Å². The van der Waals surface area contributed by atoms with Crippen molar-refractivity contribution in [3.63, 3.8) is 0 Å². The molecule has 1 rings (SSSR count). The van der Waals surface area contributed by atoms with E-state index in [1.54, 1.807) is 18.7 Å². The third kappa shape index (κ3) is 4.33. The van der Waals surface area contributed by atoms with Crippen molar-refractivity contribution < 1.29 is 9.59 Å². The highest BCUT2D eigenvalue weighted by Gasteiger charge is 2.38. The van der Waals surface area contributed by atoms with E-state index < -0.39 is 5.41 Å². The van der Waals surface area contributed by atoms with Crippen LogP contribution < -0.4 is 5.32 Å². The van der Waals surface area contributed by atoms with Crippen molar-refractivity contribution in [1.29, 1.82) is 0 Å². The van der Waals surface area contributed by atoms with E-state index in [0.29, 0.717) is 13.1 Å². The lowest BCUT2D eigenvalue weighted by Crippen LogP contribution is -2.48. The first kappa shape index (κ1) is 18.2. The summed E-state index contributed by atoms with van der Waals surface area (Å²) in [7, 11) is 0. The second-order valence-electron chi connectivity index (χ2n) is 6.19. The van der Waals surface area contributed by atoms with Crippen molar-refractivity contribution in [2.75, 3.05) is 18.4 Å². The van der Waals surface area contributed by atoms with Crippen LogP contribution in [0.3, 0.4) is 0 Å². The Morgan fingerprint density at radius 1 is 1.09 bits per heavy atom. The molecule has 0 spiro atoms. The molecule has 0 bridgehead atoms. The van der Waals surface area contributed by atoms with E-state index in [4.69, 9.17) is 0 Å². The first-order valence-electron chi connectivity index (χ1n) is 8.01. The number of para-hydroxylation sites is 1. The summed E-state index contributed by atoms with van der Waals surface area (Å²) in [5.41, 5.74) is 0.663. The molecular formula is C18H28N2O2. The van der Waals surface area contributed by atoms with Gasteiger partial charge in [0.05, 0.1) is 0 Å². The fourth-order valence-corrected chi connectivity index (χ4v) is 2.34. The number of carbonyl (C=O) groups is 2. The summed E-state index contributed by atoms with van der Waals surface area (Å²) in [6.45, 7) is 10.8. The number of hydrogen-bond acceptors (Lipinski definition) is 2. The lowest BCUT2D eigenvalue weighted by Gasteiger charge is -2.31. The fourth-order valence-electron chi connectivity index (χ4n) is 2.34. The highest BCUT2D eigenvalue weighted by atomic mass is 16.2. The van der Waals surface area contributed by atoms with Gasteiger partial charge in [0.15, 0.2) is 0 Å². The minimum Gasteiger partial charge on any atom is -0.342 e. The second kappa shape index (κ2) is 7.97. The molecule has 0 aromatic heterocycles. The summed E-state index contributed by atoms with van der Waals surface area (Å²) >= 11 is 0. The maximum atomic E-state index is 12.7. The second-order valence-corrected chi connectivity index (χ2v) is 6.19. The fraction of sp³-hybridized carbons (Fsp3) is 0.556. The smallest absolute Gasteiger partial charge is 0.239 e. The lowest BCUT2D eigenvalue weighted by molar-refractivity contribution is -0.146. The molecule has 0 aliphatic heterocycles. The number of aryl methyl sites for hydroxylation is 1. The van der Waals surface area contributed by atoms with E-state index in [9.17, 15) is 9.59 Å². The Bertz CT molecular complexity index is 518. The maximum absolute atomic E-state index is 12.7. The molecule has 0 heterocycles. The topological polar surface area (TPSA) is 49.4 Å². The number of rotatable bonds is 7. The number of hydrogen-bond donors (Lipinski definition) is 1. The summed E-state index contributed by atoms with van der Waals surface area (Å²) in [4.78, 5) is 27.1. The summed E-state index contributed by atoms with van der Waals surface area (Å²) in [6.07, 6.45) is 1.78. The van der Waals surface area contributed by atoms with Gasteiger partial charge in [-0.05, 0) is 45.2 Å². The van der Waals surface area contributed by atoms with Gasteiger partial charge < -0.3 is 10.2 Å². The van der Waals surface area contributed by atoms with Gasteiger partial charge in [-0.3, -0.25) is 9.59 Å². The minimum absolute atomic E-state index is 0.109. The Hall–Kier alpha value is -1.84. The van der Waals surface area contributed by atoms with Crippen LogP contribution in [0.15, 0.2) is 24.3 Å². The molecule has 0 fully saturated rings. The zero-order valence-corrected chi connectivity index (χ0v) is 14.4. The van der Waals surface area contributed by atoms with E-state index in [1.165, 1.54) is 0 Å². The van der Waals surface area contributed by atoms with Crippen molar-refractivity contribution in [2.24, 2.45) is 5.41 Å². The predicted octanol–water partition coefficient (Wildman–Crippen LogP) is 3.61. The molecule has 1 N–H and O–H groups in total. The van der Waals surface area contributed by atoms with Gasteiger partial charge >= 0.3 is 0 Å². The van der Waals surface area contributed by atoms with Crippen molar-refractivity contribution in [3.05, 3.63) is 29.8 Å². The van der Waals surface area contributed by atoms with Crippen LogP contribution in [0.1, 0.15) is 46.1 Å². The van der Waals surface area contributed by atoms with E-state index in [2.05, 4.69) is 5.32 Å². The molecule has 4 heteroatoms. The predicted molar refractivity (Wildman–Crippen MR) is 90.8 cm³/mol. The van der Waals surface area contributed by atoms with Gasteiger partial charge in [0.1, 0.15) is 5.41 Å². The van der Waals surface area contributed by atoms with Crippen LogP contribution in [0, 0.1) is 12.3 Å². The maximum Gasteiger partial charge on any atom is 0.239 e.